The fourth-order valence-corrected chi connectivity index (χ4v) is 4.49. The fourth-order valence-electron chi connectivity index (χ4n) is 4.49. The van der Waals surface area contributed by atoms with Crippen molar-refractivity contribution in [1.82, 2.24) is 0 Å². The van der Waals surface area contributed by atoms with E-state index in [1.54, 1.807) is 0 Å². The second kappa shape index (κ2) is 9.82. The molecule has 0 heterocycles. The van der Waals surface area contributed by atoms with Crippen LogP contribution in [0.3, 0.4) is 0 Å². The molecule has 1 aliphatic rings. The average Bonchev–Trinajstić information content (AvgIpc) is 2.64. The molecule has 0 aromatic heterocycles. The number of allylic oxidation sites excluding steroid dienone is 1. The minimum atomic E-state index is -0.0948. The lowest BCUT2D eigenvalue weighted by atomic mass is 9.75. The molecule has 1 aliphatic carbocycles. The van der Waals surface area contributed by atoms with Crippen LogP contribution in [0.1, 0.15) is 97.1 Å². The molecule has 0 radical (unpaired) electrons. The van der Waals surface area contributed by atoms with Crippen molar-refractivity contribution in [2.24, 2.45) is 11.8 Å². The highest BCUT2D eigenvalue weighted by Gasteiger charge is 2.29. The zero-order valence-corrected chi connectivity index (χ0v) is 18.5. The highest BCUT2D eigenvalue weighted by Crippen LogP contribution is 2.46. The lowest BCUT2D eigenvalue weighted by Crippen LogP contribution is -2.18. The minimum Gasteiger partial charge on any atom is -0.507 e. The maximum absolute atomic E-state index is 10.9. The van der Waals surface area contributed by atoms with Crippen LogP contribution in [-0.4, -0.2) is 21.9 Å². The first-order chi connectivity index (χ1) is 13.2. The molecule has 3 heteroatoms. The number of hydrogen-bond donors (Lipinski definition) is 3. The summed E-state index contributed by atoms with van der Waals surface area (Å²) in [6.07, 6.45) is 8.57. The number of aliphatic hydroxyl groups is 1. The molecule has 1 aromatic carbocycles. The third kappa shape index (κ3) is 5.31. The van der Waals surface area contributed by atoms with Crippen LogP contribution in [-0.2, 0) is 5.41 Å². The molecule has 1 aromatic rings. The molecule has 158 valence electrons. The van der Waals surface area contributed by atoms with E-state index in [-0.39, 0.29) is 23.5 Å². The number of hydrogen-bond acceptors (Lipinski definition) is 3. The molecule has 0 spiro atoms. The van der Waals surface area contributed by atoms with Crippen LogP contribution in [0.2, 0.25) is 0 Å². The van der Waals surface area contributed by atoms with E-state index < -0.39 is 0 Å². The van der Waals surface area contributed by atoms with Crippen LogP contribution in [0.4, 0.5) is 0 Å². The van der Waals surface area contributed by atoms with E-state index in [4.69, 9.17) is 0 Å². The van der Waals surface area contributed by atoms with E-state index >= 15 is 0 Å². The molecule has 28 heavy (non-hydrogen) atoms. The van der Waals surface area contributed by atoms with Crippen molar-refractivity contribution in [3.05, 3.63) is 28.8 Å². The summed E-state index contributed by atoms with van der Waals surface area (Å²) < 4.78 is 0. The highest BCUT2D eigenvalue weighted by atomic mass is 16.3. The van der Waals surface area contributed by atoms with E-state index in [9.17, 15) is 15.3 Å². The predicted molar refractivity (Wildman–Crippen MR) is 118 cm³/mol. The molecule has 2 rings (SSSR count). The monoisotopic (exact) mass is 388 g/mol. The Hall–Kier alpha value is -1.48. The Labute approximate surface area is 171 Å². The number of unbranched alkanes of at least 4 members (excludes halogenated alkanes) is 3. The molecule has 0 aliphatic heterocycles. The van der Waals surface area contributed by atoms with E-state index in [0.717, 1.165) is 48.8 Å². The van der Waals surface area contributed by atoms with Crippen molar-refractivity contribution >= 4 is 5.57 Å². The van der Waals surface area contributed by atoms with Gasteiger partial charge >= 0.3 is 0 Å². The van der Waals surface area contributed by atoms with Gasteiger partial charge in [-0.25, -0.2) is 0 Å². The quantitative estimate of drug-likeness (QED) is 0.420. The predicted octanol–water partition coefficient (Wildman–Crippen LogP) is 6.55. The van der Waals surface area contributed by atoms with Crippen LogP contribution in [0.5, 0.6) is 11.5 Å². The zero-order valence-electron chi connectivity index (χ0n) is 18.5. The topological polar surface area (TPSA) is 60.7 Å². The Morgan fingerprint density at radius 1 is 1.07 bits per heavy atom. The van der Waals surface area contributed by atoms with E-state index in [1.165, 1.54) is 19.3 Å². The van der Waals surface area contributed by atoms with Gasteiger partial charge in [-0.3, -0.25) is 0 Å². The summed E-state index contributed by atoms with van der Waals surface area (Å²) in [5.41, 5.74) is 3.30. The third-order valence-corrected chi connectivity index (χ3v) is 6.68. The molecule has 1 atom stereocenters. The Balaban J connectivity index is 2.33. The Bertz CT molecular complexity index is 662. The van der Waals surface area contributed by atoms with Crippen molar-refractivity contribution in [1.29, 1.82) is 0 Å². The second-order valence-electron chi connectivity index (χ2n) is 9.57. The number of aliphatic hydroxyl groups excluding tert-OH is 1. The van der Waals surface area contributed by atoms with Crippen LogP contribution < -0.4 is 0 Å². The molecule has 3 N–H and O–H groups in total. The molecule has 0 saturated carbocycles. The number of benzene rings is 1. The standard InChI is InChI=1S/C25H40O3/c1-6-7-8-9-12-25(4,5)20-14-22(27)24(23(28)15-20)21-13-18(17(2)3)10-11-19(21)16-26/h14-15,17-18,26-28H,6-13,16H2,1-5H3. The summed E-state index contributed by atoms with van der Waals surface area (Å²) >= 11 is 0. The Morgan fingerprint density at radius 3 is 2.25 bits per heavy atom. The number of rotatable bonds is 9. The molecular formula is C25H40O3. The summed E-state index contributed by atoms with van der Waals surface area (Å²) in [5, 5.41) is 31.6. The van der Waals surface area contributed by atoms with Gasteiger partial charge < -0.3 is 15.3 Å². The molecule has 0 saturated heterocycles. The Morgan fingerprint density at radius 2 is 1.71 bits per heavy atom. The summed E-state index contributed by atoms with van der Waals surface area (Å²) in [7, 11) is 0. The van der Waals surface area contributed by atoms with Gasteiger partial charge in [0.2, 0.25) is 0 Å². The molecular weight excluding hydrogens is 348 g/mol. The molecule has 1 unspecified atom stereocenters. The van der Waals surface area contributed by atoms with Gasteiger partial charge in [0.05, 0.1) is 12.2 Å². The summed E-state index contributed by atoms with van der Waals surface area (Å²) in [6, 6.07) is 3.66. The third-order valence-electron chi connectivity index (χ3n) is 6.68. The summed E-state index contributed by atoms with van der Waals surface area (Å²) in [6.45, 7) is 11.0. The number of aromatic hydroxyl groups is 2. The van der Waals surface area contributed by atoms with Crippen LogP contribution in [0, 0.1) is 11.8 Å². The SMILES string of the molecule is CCCCCCC(C)(C)c1cc(O)c(C2=C(CO)CCC(C(C)C)C2)c(O)c1. The smallest absolute Gasteiger partial charge is 0.127 e. The fraction of sp³-hybridized carbons (Fsp3) is 0.680. The average molecular weight is 389 g/mol. The van der Waals surface area contributed by atoms with Gasteiger partial charge in [0, 0.05) is 0 Å². The zero-order chi connectivity index (χ0) is 20.9. The summed E-state index contributed by atoms with van der Waals surface area (Å²) in [4.78, 5) is 0. The normalized spacial score (nSPS) is 18.2. The maximum atomic E-state index is 10.9. The maximum Gasteiger partial charge on any atom is 0.127 e. The largest absolute Gasteiger partial charge is 0.507 e. The first-order valence-electron chi connectivity index (χ1n) is 11.1. The first-order valence-corrected chi connectivity index (χ1v) is 11.1. The molecule has 0 bridgehead atoms. The highest BCUT2D eigenvalue weighted by molar-refractivity contribution is 5.78. The van der Waals surface area contributed by atoms with Crippen molar-refractivity contribution in [3.63, 3.8) is 0 Å². The number of phenolic OH excluding ortho intramolecular Hbond substituents is 2. The van der Waals surface area contributed by atoms with Gasteiger partial charge in [0.15, 0.2) is 0 Å². The lowest BCUT2D eigenvalue weighted by Gasteiger charge is -2.31. The Kier molecular flexibility index (Phi) is 8.00. The van der Waals surface area contributed by atoms with Crippen molar-refractivity contribution in [2.45, 2.75) is 91.4 Å². The lowest BCUT2D eigenvalue weighted by molar-refractivity contribution is 0.303. The van der Waals surface area contributed by atoms with E-state index in [0.29, 0.717) is 17.4 Å². The van der Waals surface area contributed by atoms with Crippen LogP contribution in [0.15, 0.2) is 17.7 Å². The van der Waals surface area contributed by atoms with Gasteiger partial charge in [0.1, 0.15) is 11.5 Å². The van der Waals surface area contributed by atoms with Gasteiger partial charge in [-0.15, -0.1) is 0 Å². The van der Waals surface area contributed by atoms with Crippen molar-refractivity contribution in [2.75, 3.05) is 6.61 Å². The van der Waals surface area contributed by atoms with Crippen molar-refractivity contribution in [3.8, 4) is 11.5 Å². The van der Waals surface area contributed by atoms with Crippen LogP contribution in [0.25, 0.3) is 5.57 Å². The summed E-state index contributed by atoms with van der Waals surface area (Å²) in [5.74, 6) is 1.34. The van der Waals surface area contributed by atoms with E-state index in [1.807, 2.05) is 12.1 Å². The molecule has 0 fully saturated rings. The second-order valence-corrected chi connectivity index (χ2v) is 9.57. The van der Waals surface area contributed by atoms with Gasteiger partial charge in [0.25, 0.3) is 0 Å². The van der Waals surface area contributed by atoms with Gasteiger partial charge in [-0.1, -0.05) is 60.3 Å². The van der Waals surface area contributed by atoms with Gasteiger partial charge in [-0.2, -0.15) is 0 Å². The van der Waals surface area contributed by atoms with Crippen molar-refractivity contribution < 1.29 is 15.3 Å². The minimum absolute atomic E-state index is 0.0102. The number of phenols is 2. The van der Waals surface area contributed by atoms with Crippen LogP contribution >= 0.6 is 0 Å². The molecule has 3 nitrogen and oxygen atoms in total. The molecule has 0 amide bonds. The van der Waals surface area contributed by atoms with E-state index in [2.05, 4.69) is 34.6 Å². The van der Waals surface area contributed by atoms with Gasteiger partial charge in [-0.05, 0) is 71.8 Å². The first kappa shape index (κ1) is 22.8.